The van der Waals surface area contributed by atoms with Crippen molar-refractivity contribution in [3.05, 3.63) is 46.5 Å². The van der Waals surface area contributed by atoms with Crippen LogP contribution in [-0.4, -0.2) is 44.3 Å². The second-order valence-corrected chi connectivity index (χ2v) is 4.86. The molecule has 0 heterocycles. The fourth-order valence-corrected chi connectivity index (χ4v) is 1.80. The second kappa shape index (κ2) is 10.1. The van der Waals surface area contributed by atoms with E-state index in [1.165, 1.54) is 0 Å². The average molecular weight is 483 g/mol. The van der Waals surface area contributed by atoms with Gasteiger partial charge in [-0.05, 0) is 24.3 Å². The van der Waals surface area contributed by atoms with E-state index in [4.69, 9.17) is 20.4 Å². The molecule has 0 aliphatic carbocycles. The monoisotopic (exact) mass is 482 g/mol. The van der Waals surface area contributed by atoms with E-state index in [1.807, 2.05) is 0 Å². The van der Waals surface area contributed by atoms with Gasteiger partial charge in [-0.1, -0.05) is 0 Å². The van der Waals surface area contributed by atoms with Gasteiger partial charge < -0.3 is 40.9 Å². The summed E-state index contributed by atoms with van der Waals surface area (Å²) in [5.74, 6) is -11.4. The van der Waals surface area contributed by atoms with Crippen LogP contribution in [0.1, 0.15) is 41.4 Å². The quantitative estimate of drug-likeness (QED) is 0.386. The Balaban J connectivity index is 0.000000523. The van der Waals surface area contributed by atoms with Gasteiger partial charge in [0.15, 0.2) is 0 Å². The first-order chi connectivity index (χ1) is 12.9. The smallest absolute Gasteiger partial charge is 0.872 e. The largest absolute Gasteiger partial charge is 4.00 e. The van der Waals surface area contributed by atoms with Crippen molar-refractivity contribution in [3.8, 4) is 23.0 Å². The standard InChI is InChI=1S/2C8H6O6.Zr/c2*9-5-3(7(11)12)1-2-4(6(5)10)8(13)14;/h2*1-2,9-10H,(H,11,12)(H,13,14);/q;;+4/p-4. The van der Waals surface area contributed by atoms with Gasteiger partial charge in [0.05, 0.1) is 22.3 Å². The van der Waals surface area contributed by atoms with Crippen molar-refractivity contribution >= 4 is 23.9 Å². The van der Waals surface area contributed by atoms with Crippen molar-refractivity contribution in [2.75, 3.05) is 0 Å². The average Bonchev–Trinajstić information content (AvgIpc) is 2.58. The SMILES string of the molecule is O=C(O)c1ccc(C(=O)O)c([O-])c1[O-].O=C(O)c1ccc(C(=O)O)c([O-])c1[O-].[Zr+4]. The first-order valence-electron chi connectivity index (χ1n) is 6.85. The van der Waals surface area contributed by atoms with Crippen LogP contribution in [0.15, 0.2) is 24.3 Å². The molecule has 4 N–H and O–H groups in total. The Morgan fingerprint density at radius 1 is 0.483 bits per heavy atom. The molecule has 0 unspecified atom stereocenters. The van der Waals surface area contributed by atoms with Gasteiger partial charge in [0.1, 0.15) is 0 Å². The van der Waals surface area contributed by atoms with Gasteiger partial charge in [0, 0.05) is 0 Å². The third kappa shape index (κ3) is 5.69. The van der Waals surface area contributed by atoms with E-state index in [9.17, 15) is 39.6 Å². The van der Waals surface area contributed by atoms with Gasteiger partial charge in [-0.15, -0.1) is 23.0 Å². The number of rotatable bonds is 4. The van der Waals surface area contributed by atoms with Crippen molar-refractivity contribution < 1.29 is 86.2 Å². The third-order valence-electron chi connectivity index (χ3n) is 3.15. The molecule has 0 amide bonds. The van der Waals surface area contributed by atoms with Crippen LogP contribution in [-0.2, 0) is 26.2 Å². The molecule has 0 radical (unpaired) electrons. The van der Waals surface area contributed by atoms with E-state index in [1.54, 1.807) is 0 Å². The molecule has 0 aliphatic heterocycles. The minimum absolute atomic E-state index is 0. The molecule has 13 heteroatoms. The van der Waals surface area contributed by atoms with Crippen molar-refractivity contribution in [2.45, 2.75) is 0 Å². The third-order valence-corrected chi connectivity index (χ3v) is 3.15. The van der Waals surface area contributed by atoms with Gasteiger partial charge in [0.25, 0.3) is 0 Å². The number of hydrogen-bond donors (Lipinski definition) is 4. The van der Waals surface area contributed by atoms with E-state index < -0.39 is 69.1 Å². The van der Waals surface area contributed by atoms with Crippen LogP contribution in [0.3, 0.4) is 0 Å². The predicted molar refractivity (Wildman–Crippen MR) is 78.5 cm³/mol. The summed E-state index contributed by atoms with van der Waals surface area (Å²) in [6, 6.07) is 3.20. The van der Waals surface area contributed by atoms with E-state index >= 15 is 0 Å². The summed E-state index contributed by atoms with van der Waals surface area (Å²) >= 11 is 0. The van der Waals surface area contributed by atoms with Gasteiger partial charge in [-0.3, -0.25) is 0 Å². The molecule has 0 atom stereocenters. The molecule has 2 rings (SSSR count). The van der Waals surface area contributed by atoms with Gasteiger partial charge in [-0.25, -0.2) is 19.2 Å². The molecular weight excluding hydrogens is 475 g/mol. The molecule has 2 aromatic carbocycles. The summed E-state index contributed by atoms with van der Waals surface area (Å²) in [5.41, 5.74) is -2.89. The fourth-order valence-electron chi connectivity index (χ4n) is 1.80. The van der Waals surface area contributed by atoms with Crippen LogP contribution in [0.2, 0.25) is 0 Å². The van der Waals surface area contributed by atoms with E-state index in [0.717, 1.165) is 24.3 Å². The zero-order valence-corrected chi connectivity index (χ0v) is 16.3. The van der Waals surface area contributed by atoms with Gasteiger partial charge in [0.2, 0.25) is 0 Å². The van der Waals surface area contributed by atoms with Crippen LogP contribution in [0.25, 0.3) is 0 Å². The number of carboxylic acids is 4. The number of aromatic carboxylic acids is 4. The maximum atomic E-state index is 11.0. The molecule has 29 heavy (non-hydrogen) atoms. The van der Waals surface area contributed by atoms with Crippen LogP contribution in [0.5, 0.6) is 23.0 Å². The maximum absolute atomic E-state index is 11.0. The van der Waals surface area contributed by atoms with Gasteiger partial charge >= 0.3 is 50.1 Å². The Morgan fingerprint density at radius 2 is 0.621 bits per heavy atom. The molecule has 0 aromatic heterocycles. The molecule has 0 saturated carbocycles. The number of carbonyl (C=O) groups is 4. The van der Waals surface area contributed by atoms with Crippen LogP contribution >= 0.6 is 0 Å². The molecule has 2 aromatic rings. The molecule has 0 bridgehead atoms. The molecule has 148 valence electrons. The zero-order chi connectivity index (χ0) is 21.8. The Kier molecular flexibility index (Phi) is 8.83. The summed E-state index contributed by atoms with van der Waals surface area (Å²) in [5, 5.41) is 77.6. The number of carboxylic acid groups (broad SMARTS) is 4. The Labute approximate surface area is 179 Å². The van der Waals surface area contributed by atoms with E-state index in [-0.39, 0.29) is 26.2 Å². The topological polar surface area (TPSA) is 241 Å². The summed E-state index contributed by atoms with van der Waals surface area (Å²) in [6.07, 6.45) is 0. The first kappa shape index (κ1) is 25.4. The Hall–Kier alpha value is -3.60. The zero-order valence-electron chi connectivity index (χ0n) is 13.9. The van der Waals surface area contributed by atoms with E-state index in [0.29, 0.717) is 0 Å². The van der Waals surface area contributed by atoms with Crippen molar-refractivity contribution in [1.29, 1.82) is 0 Å². The van der Waals surface area contributed by atoms with Crippen LogP contribution in [0.4, 0.5) is 0 Å². The van der Waals surface area contributed by atoms with Crippen LogP contribution < -0.4 is 20.4 Å². The molecule has 0 saturated heterocycles. The molecule has 0 fully saturated rings. The summed E-state index contributed by atoms with van der Waals surface area (Å²) in [7, 11) is 0. The summed E-state index contributed by atoms with van der Waals surface area (Å²) in [4.78, 5) is 41.5. The molecule has 0 aliphatic rings. The number of hydrogen-bond acceptors (Lipinski definition) is 8. The minimum atomic E-state index is -1.55. The van der Waals surface area contributed by atoms with Gasteiger partial charge in [-0.2, -0.15) is 0 Å². The maximum Gasteiger partial charge on any atom is 4.00 e. The summed E-state index contributed by atoms with van der Waals surface area (Å²) < 4.78 is 0. The van der Waals surface area contributed by atoms with Crippen molar-refractivity contribution in [3.63, 3.8) is 0 Å². The molecule has 12 nitrogen and oxygen atoms in total. The number of benzene rings is 2. The van der Waals surface area contributed by atoms with Crippen molar-refractivity contribution in [1.82, 2.24) is 0 Å². The fraction of sp³-hybridized carbons (Fsp3) is 0. The van der Waals surface area contributed by atoms with Crippen LogP contribution in [0, 0.1) is 0 Å². The second-order valence-electron chi connectivity index (χ2n) is 4.86. The molecular formula is C16H8O12Zr. The molecule has 0 spiro atoms. The first-order valence-corrected chi connectivity index (χ1v) is 6.85. The summed E-state index contributed by atoms with van der Waals surface area (Å²) in [6.45, 7) is 0. The van der Waals surface area contributed by atoms with E-state index in [2.05, 4.69) is 0 Å². The predicted octanol–water partition coefficient (Wildman–Crippen LogP) is -1.54. The minimum Gasteiger partial charge on any atom is -0.872 e. The Bertz CT molecular complexity index is 825. The Morgan fingerprint density at radius 3 is 0.724 bits per heavy atom. The normalized spacial score (nSPS) is 9.38. The van der Waals surface area contributed by atoms with Crippen molar-refractivity contribution in [2.24, 2.45) is 0 Å².